The van der Waals surface area contributed by atoms with E-state index in [4.69, 9.17) is 27.8 Å². The maximum absolute atomic E-state index is 11.0. The molecule has 1 unspecified atom stereocenters. The summed E-state index contributed by atoms with van der Waals surface area (Å²) < 4.78 is 5.35. The number of anilines is 1. The molecule has 0 heterocycles. The fourth-order valence-electron chi connectivity index (χ4n) is 1.11. The standard InChI is InChI=1S/C10H13ClN2O2/c1-2-8(10(13)14)15-9-5-6(12)3-4-7(9)11/h3-5,8H,2,12H2,1H3,(H2,13,14). The summed E-state index contributed by atoms with van der Waals surface area (Å²) >= 11 is 5.87. The first-order valence-corrected chi connectivity index (χ1v) is 4.93. The third kappa shape index (κ3) is 3.02. The van der Waals surface area contributed by atoms with E-state index >= 15 is 0 Å². The van der Waals surface area contributed by atoms with Crippen LogP contribution in [0, 0.1) is 0 Å². The number of hydrogen-bond donors (Lipinski definition) is 2. The van der Waals surface area contributed by atoms with Crippen LogP contribution in [-0.2, 0) is 4.79 Å². The highest BCUT2D eigenvalue weighted by molar-refractivity contribution is 6.32. The molecule has 0 saturated heterocycles. The van der Waals surface area contributed by atoms with Crippen molar-refractivity contribution in [2.45, 2.75) is 19.4 Å². The molecule has 82 valence electrons. The van der Waals surface area contributed by atoms with E-state index in [2.05, 4.69) is 0 Å². The summed E-state index contributed by atoms with van der Waals surface area (Å²) in [6.07, 6.45) is -0.190. The van der Waals surface area contributed by atoms with Crippen molar-refractivity contribution in [3.63, 3.8) is 0 Å². The molecule has 0 fully saturated rings. The van der Waals surface area contributed by atoms with Gasteiger partial charge in [-0.2, -0.15) is 0 Å². The number of carbonyl (C=O) groups is 1. The van der Waals surface area contributed by atoms with E-state index < -0.39 is 12.0 Å². The van der Waals surface area contributed by atoms with Crippen molar-refractivity contribution in [2.75, 3.05) is 5.73 Å². The van der Waals surface area contributed by atoms with Crippen molar-refractivity contribution < 1.29 is 9.53 Å². The summed E-state index contributed by atoms with van der Waals surface area (Å²) in [5.41, 5.74) is 11.2. The Balaban J connectivity index is 2.87. The molecule has 4 nitrogen and oxygen atoms in total. The molecule has 0 spiro atoms. The predicted octanol–water partition coefficient (Wildman–Crippen LogP) is 1.56. The molecule has 0 aromatic heterocycles. The smallest absolute Gasteiger partial charge is 0.258 e. The van der Waals surface area contributed by atoms with Crippen LogP contribution < -0.4 is 16.2 Å². The second-order valence-electron chi connectivity index (χ2n) is 3.11. The van der Waals surface area contributed by atoms with Gasteiger partial charge in [0.1, 0.15) is 5.75 Å². The van der Waals surface area contributed by atoms with Gasteiger partial charge in [0.2, 0.25) is 0 Å². The molecule has 0 aliphatic carbocycles. The minimum Gasteiger partial charge on any atom is -0.479 e. The molecule has 0 bridgehead atoms. The van der Waals surface area contributed by atoms with Gasteiger partial charge in [-0.15, -0.1) is 0 Å². The molecule has 15 heavy (non-hydrogen) atoms. The minimum atomic E-state index is -0.677. The molecule has 1 amide bonds. The SMILES string of the molecule is CCC(Oc1cc(N)ccc1Cl)C(N)=O. The zero-order valence-corrected chi connectivity index (χ0v) is 9.12. The Morgan fingerprint density at radius 1 is 1.60 bits per heavy atom. The van der Waals surface area contributed by atoms with Crippen LogP contribution in [0.2, 0.25) is 5.02 Å². The normalized spacial score (nSPS) is 12.1. The molecule has 1 atom stereocenters. The molecule has 0 radical (unpaired) electrons. The van der Waals surface area contributed by atoms with Crippen molar-refractivity contribution in [1.29, 1.82) is 0 Å². The van der Waals surface area contributed by atoms with Gasteiger partial charge in [0.25, 0.3) is 5.91 Å². The first-order valence-electron chi connectivity index (χ1n) is 4.55. The average Bonchev–Trinajstić information content (AvgIpc) is 2.18. The first kappa shape index (κ1) is 11.7. The second kappa shape index (κ2) is 4.89. The van der Waals surface area contributed by atoms with E-state index in [0.717, 1.165) is 0 Å². The Morgan fingerprint density at radius 3 is 2.80 bits per heavy atom. The van der Waals surface area contributed by atoms with Crippen molar-refractivity contribution in [2.24, 2.45) is 5.73 Å². The zero-order valence-electron chi connectivity index (χ0n) is 8.37. The lowest BCUT2D eigenvalue weighted by molar-refractivity contribution is -0.124. The minimum absolute atomic E-state index is 0.377. The number of benzene rings is 1. The van der Waals surface area contributed by atoms with Crippen molar-refractivity contribution in [1.82, 2.24) is 0 Å². The highest BCUT2D eigenvalue weighted by Crippen LogP contribution is 2.27. The number of nitrogens with two attached hydrogens (primary N) is 2. The summed E-state index contributed by atoms with van der Waals surface area (Å²) in [6.45, 7) is 1.80. The molecule has 4 N–H and O–H groups in total. The molecule has 0 aliphatic heterocycles. The van der Waals surface area contributed by atoms with Crippen LogP contribution >= 0.6 is 11.6 Å². The number of hydrogen-bond acceptors (Lipinski definition) is 3. The maximum atomic E-state index is 11.0. The second-order valence-corrected chi connectivity index (χ2v) is 3.51. The van der Waals surface area contributed by atoms with Crippen LogP contribution in [0.15, 0.2) is 18.2 Å². The van der Waals surface area contributed by atoms with Gasteiger partial charge in [0, 0.05) is 11.8 Å². The molecule has 5 heteroatoms. The van der Waals surface area contributed by atoms with Gasteiger partial charge in [-0.25, -0.2) is 0 Å². The fraction of sp³-hybridized carbons (Fsp3) is 0.300. The number of nitrogen functional groups attached to an aromatic ring is 1. The lowest BCUT2D eigenvalue weighted by atomic mass is 10.2. The van der Waals surface area contributed by atoms with Gasteiger partial charge in [-0.3, -0.25) is 4.79 Å². The van der Waals surface area contributed by atoms with Crippen LogP contribution in [0.4, 0.5) is 5.69 Å². The van der Waals surface area contributed by atoms with Gasteiger partial charge in [-0.1, -0.05) is 18.5 Å². The molecule has 0 aliphatic rings. The van der Waals surface area contributed by atoms with E-state index in [-0.39, 0.29) is 0 Å². The average molecular weight is 229 g/mol. The summed E-state index contributed by atoms with van der Waals surface area (Å²) in [7, 11) is 0. The largest absolute Gasteiger partial charge is 0.479 e. The van der Waals surface area contributed by atoms with Gasteiger partial charge in [0.15, 0.2) is 6.10 Å². The summed E-state index contributed by atoms with van der Waals surface area (Å²) in [5.74, 6) is -0.140. The fourth-order valence-corrected chi connectivity index (χ4v) is 1.27. The Kier molecular flexibility index (Phi) is 3.80. The number of ether oxygens (including phenoxy) is 1. The van der Waals surface area contributed by atoms with Crippen LogP contribution in [0.3, 0.4) is 0 Å². The number of halogens is 1. The predicted molar refractivity (Wildman–Crippen MR) is 59.8 cm³/mol. The van der Waals surface area contributed by atoms with Crippen molar-refractivity contribution in [3.8, 4) is 5.75 Å². The summed E-state index contributed by atoms with van der Waals surface area (Å²) in [6, 6.07) is 4.83. The highest BCUT2D eigenvalue weighted by atomic mass is 35.5. The molecule has 1 rings (SSSR count). The van der Waals surface area contributed by atoms with E-state index in [1.165, 1.54) is 0 Å². The van der Waals surface area contributed by atoms with E-state index in [1.54, 1.807) is 25.1 Å². The Hall–Kier alpha value is -1.42. The van der Waals surface area contributed by atoms with Crippen molar-refractivity contribution in [3.05, 3.63) is 23.2 Å². The van der Waals surface area contributed by atoms with Gasteiger partial charge in [-0.05, 0) is 18.6 Å². The zero-order chi connectivity index (χ0) is 11.4. The first-order chi connectivity index (χ1) is 7.04. The maximum Gasteiger partial charge on any atom is 0.258 e. The third-order valence-electron chi connectivity index (χ3n) is 1.91. The molecule has 0 saturated carbocycles. The van der Waals surface area contributed by atoms with Crippen LogP contribution in [0.25, 0.3) is 0 Å². The van der Waals surface area contributed by atoms with E-state index in [9.17, 15) is 4.79 Å². The van der Waals surface area contributed by atoms with Gasteiger partial charge in [0.05, 0.1) is 5.02 Å². The Morgan fingerprint density at radius 2 is 2.27 bits per heavy atom. The van der Waals surface area contributed by atoms with Crippen LogP contribution in [-0.4, -0.2) is 12.0 Å². The Labute approximate surface area is 93.1 Å². The topological polar surface area (TPSA) is 78.3 Å². The number of amides is 1. The quantitative estimate of drug-likeness (QED) is 0.768. The van der Waals surface area contributed by atoms with E-state index in [0.29, 0.717) is 22.9 Å². The summed E-state index contributed by atoms with van der Waals surface area (Å²) in [4.78, 5) is 11.0. The monoisotopic (exact) mass is 228 g/mol. The lowest BCUT2D eigenvalue weighted by Gasteiger charge is -2.15. The molecular weight excluding hydrogens is 216 g/mol. The van der Waals surface area contributed by atoms with Gasteiger partial charge < -0.3 is 16.2 Å². The van der Waals surface area contributed by atoms with Gasteiger partial charge >= 0.3 is 0 Å². The van der Waals surface area contributed by atoms with E-state index in [1.807, 2.05) is 0 Å². The number of primary amides is 1. The number of rotatable bonds is 4. The van der Waals surface area contributed by atoms with Crippen molar-refractivity contribution >= 4 is 23.2 Å². The Bertz CT molecular complexity index is 368. The molecule has 1 aromatic carbocycles. The van der Waals surface area contributed by atoms with Crippen LogP contribution in [0.5, 0.6) is 5.75 Å². The highest BCUT2D eigenvalue weighted by Gasteiger charge is 2.16. The molecule has 1 aromatic rings. The third-order valence-corrected chi connectivity index (χ3v) is 2.22. The number of carbonyl (C=O) groups excluding carboxylic acids is 1. The summed E-state index contributed by atoms with van der Waals surface area (Å²) in [5, 5.41) is 0.406. The van der Waals surface area contributed by atoms with Crippen LogP contribution in [0.1, 0.15) is 13.3 Å². The lowest BCUT2D eigenvalue weighted by Crippen LogP contribution is -2.33. The molecular formula is C10H13ClN2O2.